The summed E-state index contributed by atoms with van der Waals surface area (Å²) in [5, 5.41) is 15.6. The Kier molecular flexibility index (Phi) is 5.81. The third-order valence-electron chi connectivity index (χ3n) is 5.55. The monoisotopic (exact) mass is 462 g/mol. The van der Waals surface area contributed by atoms with E-state index in [2.05, 4.69) is 25.6 Å². The number of hydrogen-bond acceptors (Lipinski definition) is 7. The van der Waals surface area contributed by atoms with E-state index in [4.69, 9.17) is 14.6 Å². The van der Waals surface area contributed by atoms with Crippen molar-refractivity contribution in [3.05, 3.63) is 48.4 Å². The van der Waals surface area contributed by atoms with Crippen LogP contribution < -0.4 is 20.1 Å². The van der Waals surface area contributed by atoms with Gasteiger partial charge >= 0.3 is 0 Å². The molecular weight excluding hydrogens is 436 g/mol. The van der Waals surface area contributed by atoms with Crippen molar-refractivity contribution < 1.29 is 19.4 Å². The zero-order valence-corrected chi connectivity index (χ0v) is 19.0. The molecule has 0 spiro atoms. The number of fused-ring (bicyclic) bond motifs is 1. The van der Waals surface area contributed by atoms with Crippen molar-refractivity contribution in [2.45, 2.75) is 18.9 Å². The molecule has 1 aliphatic rings. The highest BCUT2D eigenvalue weighted by Gasteiger charge is 2.27. The van der Waals surface area contributed by atoms with Gasteiger partial charge in [-0.1, -0.05) is 0 Å². The number of hydrogen-bond donors (Lipinski definition) is 4. The minimum absolute atomic E-state index is 0.127. The lowest BCUT2D eigenvalue weighted by atomic mass is 10.1. The predicted molar refractivity (Wildman–Crippen MR) is 128 cm³/mol. The first-order valence-corrected chi connectivity index (χ1v) is 11.1. The molecule has 0 saturated heterocycles. The summed E-state index contributed by atoms with van der Waals surface area (Å²) in [4.78, 5) is 24.8. The van der Waals surface area contributed by atoms with Gasteiger partial charge in [-0.25, -0.2) is 0 Å². The number of carbonyl (C=O) groups excluding carboxylic acids is 1. The molecular formula is C24H26N6O4. The Balaban J connectivity index is 1.49. The van der Waals surface area contributed by atoms with Gasteiger partial charge in [0.25, 0.3) is 5.91 Å². The van der Waals surface area contributed by atoms with E-state index in [0.29, 0.717) is 34.5 Å². The predicted octanol–water partition coefficient (Wildman–Crippen LogP) is 2.98. The van der Waals surface area contributed by atoms with Crippen molar-refractivity contribution in [2.75, 3.05) is 25.6 Å². The minimum Gasteiger partial charge on any atom is -0.495 e. The number of nitrogens with one attached hydrogen (secondary N) is 3. The molecule has 0 aliphatic heterocycles. The van der Waals surface area contributed by atoms with Crippen molar-refractivity contribution >= 4 is 28.6 Å². The number of aromatic amines is 1. The summed E-state index contributed by atoms with van der Waals surface area (Å²) in [6, 6.07) is 7.06. The number of aliphatic hydroxyl groups is 1. The zero-order valence-electron chi connectivity index (χ0n) is 19.0. The Bertz CT molecular complexity index is 1340. The van der Waals surface area contributed by atoms with Crippen LogP contribution in [0.25, 0.3) is 22.2 Å². The van der Waals surface area contributed by atoms with Gasteiger partial charge in [-0.05, 0) is 37.1 Å². The SMILES string of the molecule is COc1cc(C(=O)NCCO)ccc1Nc1nc(OC2CC2)c2c(-c3ccn(C)c3)c[nH]c2n1. The Labute approximate surface area is 195 Å². The summed E-state index contributed by atoms with van der Waals surface area (Å²) in [5.74, 6) is 1.03. The second-order valence-corrected chi connectivity index (χ2v) is 8.18. The molecule has 1 aliphatic carbocycles. The highest BCUT2D eigenvalue weighted by atomic mass is 16.5. The van der Waals surface area contributed by atoms with Crippen molar-refractivity contribution in [3.63, 3.8) is 0 Å². The molecule has 10 nitrogen and oxygen atoms in total. The first-order chi connectivity index (χ1) is 16.6. The molecule has 0 unspecified atom stereocenters. The van der Waals surface area contributed by atoms with Crippen molar-refractivity contribution in [1.29, 1.82) is 0 Å². The summed E-state index contributed by atoms with van der Waals surface area (Å²) < 4.78 is 13.6. The molecule has 0 atom stereocenters. The highest BCUT2D eigenvalue weighted by molar-refractivity contribution is 5.98. The van der Waals surface area contributed by atoms with Crippen LogP contribution >= 0.6 is 0 Å². The van der Waals surface area contributed by atoms with E-state index in [1.165, 1.54) is 7.11 Å². The van der Waals surface area contributed by atoms with Gasteiger partial charge < -0.3 is 34.8 Å². The lowest BCUT2D eigenvalue weighted by Gasteiger charge is -2.13. The van der Waals surface area contributed by atoms with Gasteiger partial charge in [-0.3, -0.25) is 4.79 Å². The molecule has 1 amide bonds. The second-order valence-electron chi connectivity index (χ2n) is 8.18. The lowest BCUT2D eigenvalue weighted by molar-refractivity contribution is 0.0944. The van der Waals surface area contributed by atoms with Crippen molar-refractivity contribution in [1.82, 2.24) is 24.8 Å². The van der Waals surface area contributed by atoms with Crippen LogP contribution in [0.2, 0.25) is 0 Å². The largest absolute Gasteiger partial charge is 0.495 e. The molecule has 0 bridgehead atoms. The number of aromatic nitrogens is 4. The van der Waals surface area contributed by atoms with Gasteiger partial charge in [-0.15, -0.1) is 0 Å². The molecule has 3 aromatic heterocycles. The topological polar surface area (TPSA) is 126 Å². The second kappa shape index (κ2) is 9.06. The number of H-pyrrole nitrogens is 1. The number of aliphatic hydroxyl groups excluding tert-OH is 1. The summed E-state index contributed by atoms with van der Waals surface area (Å²) >= 11 is 0. The Morgan fingerprint density at radius 1 is 1.29 bits per heavy atom. The first-order valence-electron chi connectivity index (χ1n) is 11.1. The summed E-state index contributed by atoms with van der Waals surface area (Å²) in [6.07, 6.45) is 8.12. The zero-order chi connectivity index (χ0) is 23.7. The van der Waals surface area contributed by atoms with Crippen molar-refractivity contribution in [2.24, 2.45) is 7.05 Å². The number of carbonyl (C=O) groups is 1. The molecule has 4 N–H and O–H groups in total. The van der Waals surface area contributed by atoms with Crippen LogP contribution in [0, 0.1) is 0 Å². The average molecular weight is 463 g/mol. The van der Waals surface area contributed by atoms with E-state index >= 15 is 0 Å². The van der Waals surface area contributed by atoms with Gasteiger partial charge in [0, 0.05) is 48.9 Å². The number of aryl methyl sites for hydroxylation is 1. The standard InChI is InChI=1S/C24H26N6O4/c1-30-9-7-15(13-30)17-12-26-21-20(17)23(34-16-4-5-16)29-24(28-21)27-18-6-3-14(11-19(18)33-2)22(32)25-8-10-31/h3,6-7,9,11-13,16,31H,4-5,8,10H2,1-2H3,(H,25,32)(H2,26,27,28,29). The van der Waals surface area contributed by atoms with E-state index in [0.717, 1.165) is 29.4 Å². The number of anilines is 2. The van der Waals surface area contributed by atoms with Gasteiger partial charge in [-0.2, -0.15) is 9.97 Å². The van der Waals surface area contributed by atoms with Gasteiger partial charge in [0.2, 0.25) is 11.8 Å². The molecule has 34 heavy (non-hydrogen) atoms. The van der Waals surface area contributed by atoms with Crippen molar-refractivity contribution in [3.8, 4) is 22.8 Å². The van der Waals surface area contributed by atoms with Gasteiger partial charge in [0.15, 0.2) is 0 Å². The van der Waals surface area contributed by atoms with Crippen LogP contribution in [0.3, 0.4) is 0 Å². The van der Waals surface area contributed by atoms with E-state index in [9.17, 15) is 4.79 Å². The fraction of sp³-hybridized carbons (Fsp3) is 0.292. The minimum atomic E-state index is -0.295. The number of rotatable bonds is 9. The summed E-state index contributed by atoms with van der Waals surface area (Å²) in [5.41, 5.74) is 3.71. The molecule has 4 aromatic rings. The van der Waals surface area contributed by atoms with Crippen LogP contribution in [0.5, 0.6) is 11.6 Å². The van der Waals surface area contributed by atoms with E-state index < -0.39 is 0 Å². The Morgan fingerprint density at radius 3 is 2.85 bits per heavy atom. The van der Waals surface area contributed by atoms with E-state index in [-0.39, 0.29) is 25.2 Å². The van der Waals surface area contributed by atoms with Crippen LogP contribution in [0.15, 0.2) is 42.9 Å². The normalized spacial score (nSPS) is 13.1. The number of benzene rings is 1. The summed E-state index contributed by atoms with van der Waals surface area (Å²) in [6.45, 7) is 0.0538. The number of amides is 1. The Hall–Kier alpha value is -4.05. The third kappa shape index (κ3) is 4.40. The van der Waals surface area contributed by atoms with E-state index in [1.54, 1.807) is 18.2 Å². The maximum absolute atomic E-state index is 12.2. The smallest absolute Gasteiger partial charge is 0.251 e. The number of ether oxygens (including phenoxy) is 2. The highest BCUT2D eigenvalue weighted by Crippen LogP contribution is 2.38. The first kappa shape index (κ1) is 21.8. The molecule has 1 fully saturated rings. The van der Waals surface area contributed by atoms with Gasteiger partial charge in [0.1, 0.15) is 17.5 Å². The molecule has 0 radical (unpaired) electrons. The van der Waals surface area contributed by atoms with Crippen LogP contribution in [0.4, 0.5) is 11.6 Å². The molecule has 1 saturated carbocycles. The molecule has 5 rings (SSSR count). The molecule has 1 aromatic carbocycles. The van der Waals surface area contributed by atoms with Crippen LogP contribution in [-0.4, -0.2) is 56.9 Å². The quantitative estimate of drug-likeness (QED) is 0.301. The number of nitrogens with zero attached hydrogens (tertiary/aromatic N) is 3. The van der Waals surface area contributed by atoms with Crippen LogP contribution in [-0.2, 0) is 7.05 Å². The third-order valence-corrected chi connectivity index (χ3v) is 5.55. The fourth-order valence-electron chi connectivity index (χ4n) is 3.70. The summed E-state index contributed by atoms with van der Waals surface area (Å²) in [7, 11) is 3.51. The maximum atomic E-state index is 12.2. The fourth-order valence-corrected chi connectivity index (χ4v) is 3.70. The average Bonchev–Trinajstić information content (AvgIpc) is 3.38. The maximum Gasteiger partial charge on any atom is 0.251 e. The molecule has 176 valence electrons. The molecule has 10 heteroatoms. The number of methoxy groups -OCH3 is 1. The Morgan fingerprint density at radius 2 is 2.15 bits per heavy atom. The van der Waals surface area contributed by atoms with E-state index in [1.807, 2.05) is 36.3 Å². The van der Waals surface area contributed by atoms with Crippen LogP contribution in [0.1, 0.15) is 23.2 Å². The van der Waals surface area contributed by atoms with Gasteiger partial charge in [0.05, 0.1) is 24.8 Å². The lowest BCUT2D eigenvalue weighted by Crippen LogP contribution is -2.26. The molecule has 3 heterocycles.